The lowest BCUT2D eigenvalue weighted by Gasteiger charge is -2.33. The molecule has 13 heteroatoms. The number of benzene rings is 1. The molecule has 1 aromatic carbocycles. The number of rotatable bonds is 5. The van der Waals surface area contributed by atoms with Gasteiger partial charge in [0.15, 0.2) is 5.82 Å². The van der Waals surface area contributed by atoms with E-state index in [0.717, 1.165) is 0 Å². The summed E-state index contributed by atoms with van der Waals surface area (Å²) in [4.78, 5) is 28.5. The number of carbonyl (C=O) groups excluding carboxylic acids is 1. The molecule has 3 aromatic heterocycles. The zero-order valence-corrected chi connectivity index (χ0v) is 21.2. The van der Waals surface area contributed by atoms with E-state index in [4.69, 9.17) is 11.6 Å². The van der Waals surface area contributed by atoms with Gasteiger partial charge in [-0.15, -0.1) is 5.10 Å². The van der Waals surface area contributed by atoms with Gasteiger partial charge in [0.05, 0.1) is 34.2 Å². The van der Waals surface area contributed by atoms with Crippen LogP contribution < -0.4 is 4.90 Å². The summed E-state index contributed by atoms with van der Waals surface area (Å²) >= 11 is 6.10. The fourth-order valence-electron chi connectivity index (χ4n) is 5.22. The van der Waals surface area contributed by atoms with Crippen LogP contribution in [0.2, 0.25) is 5.02 Å². The van der Waals surface area contributed by atoms with Crippen molar-refractivity contribution in [2.75, 3.05) is 19.0 Å². The molecule has 2 aliphatic heterocycles. The molecule has 194 valence electrons. The van der Waals surface area contributed by atoms with Crippen molar-refractivity contribution in [3.8, 4) is 16.9 Å². The first kappa shape index (κ1) is 24.2. The predicted molar refractivity (Wildman–Crippen MR) is 135 cm³/mol. The van der Waals surface area contributed by atoms with Crippen LogP contribution in [-0.4, -0.2) is 66.1 Å². The molecular formula is C25H22ClF2N9O. The average Bonchev–Trinajstić information content (AvgIpc) is 3.66. The molecule has 38 heavy (non-hydrogen) atoms. The number of aromatic nitrogens is 7. The van der Waals surface area contributed by atoms with Gasteiger partial charge in [-0.05, 0) is 59.5 Å². The Morgan fingerprint density at radius 1 is 1.16 bits per heavy atom. The van der Waals surface area contributed by atoms with Crippen LogP contribution in [0.5, 0.6) is 0 Å². The lowest BCUT2D eigenvalue weighted by molar-refractivity contribution is -0.129. The lowest BCUT2D eigenvalue weighted by Crippen LogP contribution is -2.39. The molecule has 1 unspecified atom stereocenters. The number of tetrazole rings is 1. The number of H-pyrrole nitrogens is 1. The summed E-state index contributed by atoms with van der Waals surface area (Å²) in [5.41, 5.74) is 1.89. The van der Waals surface area contributed by atoms with Crippen LogP contribution in [0.3, 0.4) is 0 Å². The van der Waals surface area contributed by atoms with E-state index in [2.05, 4.69) is 30.5 Å². The summed E-state index contributed by atoms with van der Waals surface area (Å²) in [6.07, 6.45) is 6.11. The Morgan fingerprint density at radius 3 is 2.74 bits per heavy atom. The van der Waals surface area contributed by atoms with Crippen molar-refractivity contribution < 1.29 is 13.6 Å². The van der Waals surface area contributed by atoms with E-state index in [0.29, 0.717) is 53.4 Å². The number of amides is 1. The van der Waals surface area contributed by atoms with Crippen LogP contribution in [0, 0.1) is 11.8 Å². The monoisotopic (exact) mass is 537 g/mol. The van der Waals surface area contributed by atoms with E-state index in [1.165, 1.54) is 23.2 Å². The Kier molecular flexibility index (Phi) is 5.90. The summed E-state index contributed by atoms with van der Waals surface area (Å²) in [6.45, 7) is 0. The van der Waals surface area contributed by atoms with E-state index in [1.54, 1.807) is 48.3 Å². The largest absolute Gasteiger partial charge is 0.363 e. The number of imidazole rings is 1. The maximum Gasteiger partial charge on any atom is 0.247 e. The Hall–Kier alpha value is -4.19. The second-order valence-electron chi connectivity index (χ2n) is 9.46. The van der Waals surface area contributed by atoms with Gasteiger partial charge in [-0.3, -0.25) is 4.79 Å². The molecule has 5 heterocycles. The average molecular weight is 538 g/mol. The zero-order valence-electron chi connectivity index (χ0n) is 20.4. The molecule has 1 saturated heterocycles. The highest BCUT2D eigenvalue weighted by Crippen LogP contribution is 2.44. The highest BCUT2D eigenvalue weighted by atomic mass is 35.5. The molecule has 6 rings (SSSR count). The van der Waals surface area contributed by atoms with Crippen molar-refractivity contribution >= 4 is 28.9 Å². The van der Waals surface area contributed by atoms with Crippen molar-refractivity contribution in [3.63, 3.8) is 0 Å². The maximum absolute atomic E-state index is 15.3. The number of hydrogen-bond acceptors (Lipinski definition) is 7. The number of nitrogens with zero attached hydrogens (tertiary/aromatic N) is 8. The normalized spacial score (nSPS) is 19.0. The first-order chi connectivity index (χ1) is 18.3. The fourth-order valence-corrected chi connectivity index (χ4v) is 5.38. The van der Waals surface area contributed by atoms with Gasteiger partial charge in [-0.25, -0.2) is 14.4 Å². The Morgan fingerprint density at radius 2 is 2.00 bits per heavy atom. The quantitative estimate of drug-likeness (QED) is 0.384. The third-order valence-electron chi connectivity index (χ3n) is 6.99. The number of hydrogen-bond donors (Lipinski definition) is 1. The molecule has 2 aliphatic rings. The highest BCUT2D eigenvalue weighted by molar-refractivity contribution is 6.31. The van der Waals surface area contributed by atoms with Crippen molar-refractivity contribution in [1.82, 2.24) is 40.1 Å². The number of aromatic amines is 1. The third kappa shape index (κ3) is 4.01. The van der Waals surface area contributed by atoms with Crippen molar-refractivity contribution in [2.45, 2.75) is 31.3 Å². The third-order valence-corrected chi connectivity index (χ3v) is 7.29. The van der Waals surface area contributed by atoms with E-state index in [-0.39, 0.29) is 28.6 Å². The SMILES string of the molecule is CN(C)c1ccc(-c2cnc([C@@H]3CCC4CC(c5c(-n6cnnn6)ccc(Cl)c5F)=CC(=O)N43)[nH]2)c(F)n1. The summed E-state index contributed by atoms with van der Waals surface area (Å²) < 4.78 is 31.3. The van der Waals surface area contributed by atoms with E-state index in [1.807, 2.05) is 0 Å². The molecule has 0 spiro atoms. The van der Waals surface area contributed by atoms with Crippen LogP contribution in [-0.2, 0) is 4.79 Å². The topological polar surface area (TPSA) is 109 Å². The minimum atomic E-state index is -0.631. The molecule has 1 amide bonds. The molecule has 2 atom stereocenters. The van der Waals surface area contributed by atoms with Gasteiger partial charge in [0.25, 0.3) is 0 Å². The number of nitrogens with one attached hydrogen (secondary N) is 1. The zero-order chi connectivity index (χ0) is 26.6. The van der Waals surface area contributed by atoms with Crippen LogP contribution in [0.4, 0.5) is 14.6 Å². The molecule has 0 aliphatic carbocycles. The smallest absolute Gasteiger partial charge is 0.247 e. The molecule has 1 fully saturated rings. The number of fused-ring (bicyclic) bond motifs is 1. The van der Waals surface area contributed by atoms with E-state index in [9.17, 15) is 9.18 Å². The number of anilines is 1. The van der Waals surface area contributed by atoms with Gasteiger partial charge >= 0.3 is 0 Å². The minimum absolute atomic E-state index is 0.0552. The van der Waals surface area contributed by atoms with E-state index < -0.39 is 11.8 Å². The highest BCUT2D eigenvalue weighted by Gasteiger charge is 2.42. The molecular weight excluding hydrogens is 516 g/mol. The summed E-state index contributed by atoms with van der Waals surface area (Å²) in [5.74, 6) is -0.438. The number of pyridine rings is 1. The van der Waals surface area contributed by atoms with Crippen molar-refractivity contribution in [3.05, 3.63) is 71.0 Å². The molecule has 1 N–H and O–H groups in total. The summed E-state index contributed by atoms with van der Waals surface area (Å²) in [6, 6.07) is 5.94. The minimum Gasteiger partial charge on any atom is -0.363 e. The van der Waals surface area contributed by atoms with Crippen LogP contribution in [0.25, 0.3) is 22.5 Å². The number of halogens is 3. The Bertz CT molecular complexity index is 1570. The van der Waals surface area contributed by atoms with Gasteiger partial charge in [0.1, 0.15) is 18.0 Å². The van der Waals surface area contributed by atoms with Gasteiger partial charge in [-0.1, -0.05) is 11.6 Å². The number of carbonyl (C=O) groups is 1. The maximum atomic E-state index is 15.3. The predicted octanol–water partition coefficient (Wildman–Crippen LogP) is 3.96. The molecule has 0 bridgehead atoms. The Balaban J connectivity index is 1.31. The van der Waals surface area contributed by atoms with Crippen molar-refractivity contribution in [2.24, 2.45) is 0 Å². The Labute approximate surface area is 220 Å². The van der Waals surface area contributed by atoms with Crippen LogP contribution >= 0.6 is 11.6 Å². The first-order valence-corrected chi connectivity index (χ1v) is 12.3. The summed E-state index contributed by atoms with van der Waals surface area (Å²) in [7, 11) is 3.57. The van der Waals surface area contributed by atoms with Crippen LogP contribution in [0.1, 0.15) is 36.7 Å². The van der Waals surface area contributed by atoms with Gasteiger partial charge < -0.3 is 14.8 Å². The standard InChI is InChI=1S/C25H22ClF2N9O/c1-35(2)20-8-4-15(24(28)32-20)17-11-29-25(31-17)19-6-3-14-9-13(10-21(38)37(14)19)22-18(36-12-30-33-34-36)7-5-16(26)23(22)27/h4-5,7-8,10-12,14,19H,3,6,9H2,1-2H3,(H,29,31)/t14?,19-/m0/s1. The second kappa shape index (κ2) is 9.28. The van der Waals surface area contributed by atoms with Crippen molar-refractivity contribution in [1.29, 1.82) is 0 Å². The first-order valence-electron chi connectivity index (χ1n) is 12.0. The van der Waals surface area contributed by atoms with Gasteiger partial charge in [-0.2, -0.15) is 9.07 Å². The molecule has 10 nitrogen and oxygen atoms in total. The van der Waals surface area contributed by atoms with E-state index >= 15 is 4.39 Å². The van der Waals surface area contributed by atoms with Crippen LogP contribution in [0.15, 0.2) is 42.9 Å². The lowest BCUT2D eigenvalue weighted by atomic mass is 9.92. The molecule has 0 radical (unpaired) electrons. The second-order valence-corrected chi connectivity index (χ2v) is 9.87. The van der Waals surface area contributed by atoms with Gasteiger partial charge in [0, 0.05) is 31.8 Å². The molecule has 0 saturated carbocycles. The summed E-state index contributed by atoms with van der Waals surface area (Å²) in [5, 5.41) is 11.1. The molecule has 4 aromatic rings. The fraction of sp³-hybridized carbons (Fsp3) is 0.280. The van der Waals surface area contributed by atoms with Gasteiger partial charge in [0.2, 0.25) is 11.9 Å².